The van der Waals surface area contributed by atoms with Gasteiger partial charge in [0, 0.05) is 23.4 Å². The highest BCUT2D eigenvalue weighted by atomic mass is 16.6. The molecule has 2 aromatic rings. The summed E-state index contributed by atoms with van der Waals surface area (Å²) >= 11 is 0. The molecule has 0 aliphatic carbocycles. The third-order valence-electron chi connectivity index (χ3n) is 3.34. The minimum absolute atomic E-state index is 0.239. The van der Waals surface area contributed by atoms with E-state index in [2.05, 4.69) is 0 Å². The Morgan fingerprint density at radius 2 is 1.95 bits per heavy atom. The van der Waals surface area contributed by atoms with Crippen LogP contribution < -0.4 is 10.4 Å². The van der Waals surface area contributed by atoms with Crippen LogP contribution in [0.3, 0.4) is 0 Å². The van der Waals surface area contributed by atoms with Crippen LogP contribution in [0.1, 0.15) is 24.2 Å². The number of benzene rings is 1. The van der Waals surface area contributed by atoms with Crippen LogP contribution in [0.5, 0.6) is 5.75 Å². The Hall–Kier alpha value is -2.14. The number of rotatable bonds is 1. The second kappa shape index (κ2) is 3.68. The molecule has 1 aliphatic heterocycles. The van der Waals surface area contributed by atoms with Crippen molar-refractivity contribution in [2.45, 2.75) is 19.6 Å². The van der Waals surface area contributed by atoms with Crippen LogP contribution in [0, 0.1) is 5.92 Å². The first-order chi connectivity index (χ1) is 8.91. The third-order valence-corrected chi connectivity index (χ3v) is 3.34. The number of fused-ring (bicyclic) bond motifs is 2. The predicted octanol–water partition coefficient (Wildman–Crippen LogP) is 1.71. The fraction of sp³-hybridized carbons (Fsp3) is 0.286. The predicted molar refractivity (Wildman–Crippen MR) is 67.2 cm³/mol. The summed E-state index contributed by atoms with van der Waals surface area (Å²) in [4.78, 5) is 23.4. The number of ether oxygens (including phenoxy) is 1. The Balaban J connectivity index is 2.24. The van der Waals surface area contributed by atoms with Crippen LogP contribution in [0.25, 0.3) is 11.0 Å². The Morgan fingerprint density at radius 3 is 2.63 bits per heavy atom. The number of ketones is 1. The van der Waals surface area contributed by atoms with Crippen molar-refractivity contribution >= 4 is 16.8 Å². The number of Topliss-reactive ketones (excluding diaryl/α,β-unsaturated/α-hetero) is 1. The molecule has 5 nitrogen and oxygen atoms in total. The maximum Gasteiger partial charge on any atom is 0.336 e. The van der Waals surface area contributed by atoms with Crippen LogP contribution in [0.2, 0.25) is 0 Å². The van der Waals surface area contributed by atoms with Crippen molar-refractivity contribution in [3.8, 4) is 5.75 Å². The molecule has 3 rings (SSSR count). The van der Waals surface area contributed by atoms with Crippen molar-refractivity contribution in [1.82, 2.24) is 0 Å². The van der Waals surface area contributed by atoms with Gasteiger partial charge in [-0.2, -0.15) is 0 Å². The average molecular weight is 260 g/mol. The van der Waals surface area contributed by atoms with Gasteiger partial charge in [-0.25, -0.2) is 4.79 Å². The van der Waals surface area contributed by atoms with Gasteiger partial charge in [-0.3, -0.25) is 4.79 Å². The fourth-order valence-corrected chi connectivity index (χ4v) is 2.15. The van der Waals surface area contributed by atoms with E-state index in [0.29, 0.717) is 16.5 Å². The molecule has 0 saturated heterocycles. The zero-order chi connectivity index (χ0) is 13.8. The molecule has 0 radical (unpaired) electrons. The van der Waals surface area contributed by atoms with Crippen LogP contribution in [-0.2, 0) is 0 Å². The number of carbonyl (C=O) groups excluding carboxylic acids is 1. The van der Waals surface area contributed by atoms with E-state index in [9.17, 15) is 14.7 Å². The molecule has 1 aromatic carbocycles. The summed E-state index contributed by atoms with van der Waals surface area (Å²) in [5.74, 6) is -2.46. The van der Waals surface area contributed by atoms with Gasteiger partial charge in [0.05, 0.1) is 5.56 Å². The van der Waals surface area contributed by atoms with E-state index < -0.39 is 17.2 Å². The molecule has 1 atom stereocenters. The van der Waals surface area contributed by atoms with Crippen molar-refractivity contribution in [3.63, 3.8) is 0 Å². The first kappa shape index (κ1) is 11.9. The smallest absolute Gasteiger partial charge is 0.336 e. The molecular formula is C14H12O5. The summed E-state index contributed by atoms with van der Waals surface area (Å²) < 4.78 is 10.4. The normalized spacial score (nSPS) is 21.8. The molecule has 0 bridgehead atoms. The molecule has 0 fully saturated rings. The summed E-state index contributed by atoms with van der Waals surface area (Å²) in [7, 11) is 0. The van der Waals surface area contributed by atoms with Gasteiger partial charge in [0.25, 0.3) is 5.79 Å². The maximum absolute atomic E-state index is 12.2. The lowest BCUT2D eigenvalue weighted by Crippen LogP contribution is -2.45. The van der Waals surface area contributed by atoms with Gasteiger partial charge in [0.1, 0.15) is 11.3 Å². The van der Waals surface area contributed by atoms with E-state index in [4.69, 9.17) is 9.15 Å². The second-order valence-corrected chi connectivity index (χ2v) is 4.92. The van der Waals surface area contributed by atoms with Crippen LogP contribution in [0.15, 0.2) is 33.5 Å². The third kappa shape index (κ3) is 1.58. The largest absolute Gasteiger partial charge is 0.453 e. The van der Waals surface area contributed by atoms with E-state index >= 15 is 0 Å². The summed E-state index contributed by atoms with van der Waals surface area (Å²) in [6.45, 7) is 3.40. The highest BCUT2D eigenvalue weighted by Gasteiger charge is 2.49. The molecule has 0 spiro atoms. The van der Waals surface area contributed by atoms with Crippen molar-refractivity contribution < 1.29 is 19.1 Å². The van der Waals surface area contributed by atoms with Crippen molar-refractivity contribution in [2.24, 2.45) is 5.92 Å². The lowest BCUT2D eigenvalue weighted by atomic mass is 9.95. The molecule has 0 saturated carbocycles. The minimum atomic E-state index is -1.85. The molecule has 1 unspecified atom stereocenters. The molecule has 1 aliphatic rings. The number of hydrogen-bond acceptors (Lipinski definition) is 5. The van der Waals surface area contributed by atoms with Gasteiger partial charge in [0.2, 0.25) is 5.78 Å². The second-order valence-electron chi connectivity index (χ2n) is 4.92. The summed E-state index contributed by atoms with van der Waals surface area (Å²) in [6, 6.07) is 5.88. The van der Waals surface area contributed by atoms with E-state index in [-0.39, 0.29) is 11.7 Å². The molecule has 2 heterocycles. The van der Waals surface area contributed by atoms with E-state index in [0.717, 1.165) is 0 Å². The number of hydrogen-bond donors (Lipinski definition) is 1. The minimum Gasteiger partial charge on any atom is -0.453 e. The molecule has 5 heteroatoms. The van der Waals surface area contributed by atoms with E-state index in [1.807, 2.05) is 0 Å². The lowest BCUT2D eigenvalue weighted by molar-refractivity contribution is -0.121. The molecule has 1 aromatic heterocycles. The van der Waals surface area contributed by atoms with E-state index in [1.165, 1.54) is 12.1 Å². The average Bonchev–Trinajstić information content (AvgIpc) is 2.60. The highest BCUT2D eigenvalue weighted by molar-refractivity contribution is 6.08. The lowest BCUT2D eigenvalue weighted by Gasteiger charge is -2.24. The highest BCUT2D eigenvalue weighted by Crippen LogP contribution is 2.39. The first-order valence-corrected chi connectivity index (χ1v) is 5.96. The molecule has 1 N–H and O–H groups in total. The van der Waals surface area contributed by atoms with Gasteiger partial charge < -0.3 is 14.3 Å². The van der Waals surface area contributed by atoms with Gasteiger partial charge >= 0.3 is 5.63 Å². The maximum atomic E-state index is 12.2. The topological polar surface area (TPSA) is 76.7 Å². The zero-order valence-electron chi connectivity index (χ0n) is 10.5. The Bertz CT molecular complexity index is 743. The number of carbonyl (C=O) groups is 1. The molecule has 98 valence electrons. The molecular weight excluding hydrogens is 248 g/mol. The van der Waals surface area contributed by atoms with Crippen molar-refractivity contribution in [1.29, 1.82) is 0 Å². The van der Waals surface area contributed by atoms with Gasteiger partial charge in [-0.15, -0.1) is 0 Å². The van der Waals surface area contributed by atoms with Crippen molar-refractivity contribution in [3.05, 3.63) is 40.2 Å². The Kier molecular flexibility index (Phi) is 2.31. The summed E-state index contributed by atoms with van der Waals surface area (Å²) in [6.07, 6.45) is 0. The summed E-state index contributed by atoms with van der Waals surface area (Å²) in [5, 5.41) is 10.9. The SMILES string of the molecule is CC(C)C1(O)Oc2cc3oc(=O)ccc3cc2C1=O. The molecule has 0 amide bonds. The van der Waals surface area contributed by atoms with Gasteiger partial charge in [0.15, 0.2) is 0 Å². The summed E-state index contributed by atoms with van der Waals surface area (Å²) in [5.41, 5.74) is 0.153. The standard InChI is InChI=1S/C14H12O5/c1-7(2)14(17)13(16)9-5-8-3-4-12(15)18-10(8)6-11(9)19-14/h3-7,17H,1-2H3. The van der Waals surface area contributed by atoms with Crippen LogP contribution in [-0.4, -0.2) is 16.7 Å². The fourth-order valence-electron chi connectivity index (χ4n) is 2.15. The zero-order valence-corrected chi connectivity index (χ0v) is 10.5. The Labute approximate surface area is 108 Å². The van der Waals surface area contributed by atoms with Gasteiger partial charge in [-0.05, 0) is 12.1 Å². The van der Waals surface area contributed by atoms with E-state index in [1.54, 1.807) is 26.0 Å². The Morgan fingerprint density at radius 1 is 1.21 bits per heavy atom. The van der Waals surface area contributed by atoms with Crippen LogP contribution in [0.4, 0.5) is 0 Å². The first-order valence-electron chi connectivity index (χ1n) is 5.96. The van der Waals surface area contributed by atoms with Crippen molar-refractivity contribution in [2.75, 3.05) is 0 Å². The van der Waals surface area contributed by atoms with Gasteiger partial charge in [-0.1, -0.05) is 13.8 Å². The molecule has 19 heavy (non-hydrogen) atoms. The number of aliphatic hydroxyl groups is 1. The van der Waals surface area contributed by atoms with Crippen LogP contribution >= 0.6 is 0 Å². The monoisotopic (exact) mass is 260 g/mol. The quantitative estimate of drug-likeness (QED) is 0.790.